The van der Waals surface area contributed by atoms with Crippen molar-refractivity contribution in [3.63, 3.8) is 0 Å². The van der Waals surface area contributed by atoms with Crippen LogP contribution >= 0.6 is 0 Å². The van der Waals surface area contributed by atoms with Crippen molar-refractivity contribution in [3.05, 3.63) is 17.6 Å². The lowest BCUT2D eigenvalue weighted by Crippen LogP contribution is -2.36. The molecule has 0 spiro atoms. The van der Waals surface area contributed by atoms with Crippen LogP contribution < -0.4 is 4.90 Å². The Morgan fingerprint density at radius 2 is 2.18 bits per heavy atom. The summed E-state index contributed by atoms with van der Waals surface area (Å²) in [7, 11) is 1.75. The molecule has 0 saturated heterocycles. The third kappa shape index (κ3) is 2.54. The number of anilines is 1. The molecule has 0 radical (unpaired) electrons. The van der Waals surface area contributed by atoms with Crippen molar-refractivity contribution in [2.45, 2.75) is 38.6 Å². The average molecular weight is 235 g/mol. The number of hydrogen-bond donors (Lipinski definition) is 1. The number of aryl methyl sites for hydroxylation is 1. The Balaban J connectivity index is 2.27. The minimum atomic E-state index is -0.850. The van der Waals surface area contributed by atoms with Gasteiger partial charge in [-0.15, -0.1) is 0 Å². The minimum absolute atomic E-state index is 0.474. The zero-order chi connectivity index (χ0) is 12.6. The summed E-state index contributed by atoms with van der Waals surface area (Å²) in [5, 5.41) is 8.99. The molecular formula is C12H17N3O2. The van der Waals surface area contributed by atoms with Gasteiger partial charge in [-0.25, -0.2) is 14.8 Å². The second kappa shape index (κ2) is 4.31. The molecule has 17 heavy (non-hydrogen) atoms. The van der Waals surface area contributed by atoms with Gasteiger partial charge in [-0.05, 0) is 26.7 Å². The van der Waals surface area contributed by atoms with Gasteiger partial charge in [0.05, 0.1) is 0 Å². The van der Waals surface area contributed by atoms with Crippen LogP contribution in [-0.4, -0.2) is 34.1 Å². The van der Waals surface area contributed by atoms with E-state index in [2.05, 4.69) is 9.97 Å². The van der Waals surface area contributed by atoms with Crippen LogP contribution in [-0.2, 0) is 4.79 Å². The van der Waals surface area contributed by atoms with Crippen molar-refractivity contribution < 1.29 is 9.90 Å². The molecule has 1 aliphatic rings. The van der Waals surface area contributed by atoms with Gasteiger partial charge in [-0.3, -0.25) is 0 Å². The number of carboxylic acids is 1. The molecule has 1 aromatic heterocycles. The normalized spacial score (nSPS) is 16.6. The van der Waals surface area contributed by atoms with E-state index in [0.717, 1.165) is 24.4 Å². The van der Waals surface area contributed by atoms with Gasteiger partial charge >= 0.3 is 5.97 Å². The molecule has 0 bridgehead atoms. The predicted octanol–water partition coefficient (Wildman–Crippen LogP) is 1.57. The van der Waals surface area contributed by atoms with Gasteiger partial charge in [0.15, 0.2) is 0 Å². The first-order valence-electron chi connectivity index (χ1n) is 5.80. The largest absolute Gasteiger partial charge is 0.480 e. The van der Waals surface area contributed by atoms with Crippen molar-refractivity contribution >= 4 is 11.8 Å². The third-order valence-corrected chi connectivity index (χ3v) is 3.10. The van der Waals surface area contributed by atoms with Crippen molar-refractivity contribution in [1.29, 1.82) is 0 Å². The van der Waals surface area contributed by atoms with E-state index >= 15 is 0 Å². The highest BCUT2D eigenvalue weighted by atomic mass is 16.4. The fraction of sp³-hybridized carbons (Fsp3) is 0.583. The summed E-state index contributed by atoms with van der Waals surface area (Å²) in [5.41, 5.74) is 0.890. The van der Waals surface area contributed by atoms with E-state index in [1.54, 1.807) is 18.9 Å². The fourth-order valence-corrected chi connectivity index (χ4v) is 1.64. The lowest BCUT2D eigenvalue weighted by Gasteiger charge is -2.23. The minimum Gasteiger partial charge on any atom is -0.480 e. The second-order valence-electron chi connectivity index (χ2n) is 4.63. The molecule has 1 atom stereocenters. The van der Waals surface area contributed by atoms with E-state index in [1.807, 2.05) is 13.0 Å². The van der Waals surface area contributed by atoms with Gasteiger partial charge < -0.3 is 10.0 Å². The van der Waals surface area contributed by atoms with Crippen molar-refractivity contribution in [1.82, 2.24) is 9.97 Å². The topological polar surface area (TPSA) is 66.3 Å². The van der Waals surface area contributed by atoms with E-state index < -0.39 is 12.0 Å². The van der Waals surface area contributed by atoms with Crippen molar-refractivity contribution in [2.75, 3.05) is 11.9 Å². The van der Waals surface area contributed by atoms with Crippen LogP contribution in [0.1, 0.15) is 37.2 Å². The highest BCUT2D eigenvalue weighted by molar-refractivity contribution is 5.76. The number of carboxylic acid groups (broad SMARTS) is 1. The zero-order valence-corrected chi connectivity index (χ0v) is 10.3. The molecule has 92 valence electrons. The highest BCUT2D eigenvalue weighted by Gasteiger charge is 2.28. The highest BCUT2D eigenvalue weighted by Crippen LogP contribution is 2.38. The molecule has 1 aromatic rings. The van der Waals surface area contributed by atoms with Crippen LogP contribution in [0.15, 0.2) is 6.07 Å². The number of aliphatic carboxylic acids is 1. The first kappa shape index (κ1) is 11.8. The smallest absolute Gasteiger partial charge is 0.326 e. The van der Waals surface area contributed by atoms with Gasteiger partial charge in [0, 0.05) is 24.7 Å². The Labute approximate surface area is 100 Å². The molecule has 1 fully saturated rings. The quantitative estimate of drug-likeness (QED) is 0.858. The Morgan fingerprint density at radius 3 is 2.71 bits per heavy atom. The van der Waals surface area contributed by atoms with Crippen LogP contribution in [0.4, 0.5) is 5.82 Å². The molecule has 5 nitrogen and oxygen atoms in total. The van der Waals surface area contributed by atoms with Crippen LogP contribution in [0.25, 0.3) is 0 Å². The Bertz CT molecular complexity index is 443. The molecule has 1 saturated carbocycles. The van der Waals surface area contributed by atoms with E-state index in [9.17, 15) is 4.79 Å². The third-order valence-electron chi connectivity index (χ3n) is 3.10. The molecular weight excluding hydrogens is 218 g/mol. The molecule has 5 heteroatoms. The zero-order valence-electron chi connectivity index (χ0n) is 10.3. The second-order valence-corrected chi connectivity index (χ2v) is 4.63. The molecule has 1 unspecified atom stereocenters. The van der Waals surface area contributed by atoms with Crippen molar-refractivity contribution in [2.24, 2.45) is 0 Å². The summed E-state index contributed by atoms with van der Waals surface area (Å²) in [6.45, 7) is 3.56. The molecule has 1 N–H and O–H groups in total. The van der Waals surface area contributed by atoms with E-state index in [-0.39, 0.29) is 0 Å². The predicted molar refractivity (Wildman–Crippen MR) is 64.2 cm³/mol. The van der Waals surface area contributed by atoms with Gasteiger partial charge in [-0.2, -0.15) is 0 Å². The lowest BCUT2D eigenvalue weighted by molar-refractivity contribution is -0.138. The van der Waals surface area contributed by atoms with Gasteiger partial charge in [0.1, 0.15) is 17.7 Å². The Morgan fingerprint density at radius 1 is 1.53 bits per heavy atom. The summed E-state index contributed by atoms with van der Waals surface area (Å²) in [4.78, 5) is 21.5. The standard InChI is InChI=1S/C12H17N3O2/c1-7-6-10(15(3)8(2)12(16)17)14-11(13-7)9-4-5-9/h6,8-9H,4-5H2,1-3H3,(H,16,17). The number of nitrogens with zero attached hydrogens (tertiary/aromatic N) is 3. The molecule has 1 aliphatic carbocycles. The molecule has 0 aromatic carbocycles. The number of likely N-dealkylation sites (N-methyl/N-ethyl adjacent to an activating group) is 1. The first-order valence-corrected chi connectivity index (χ1v) is 5.80. The number of rotatable bonds is 4. The van der Waals surface area contributed by atoms with Gasteiger partial charge in [0.2, 0.25) is 0 Å². The van der Waals surface area contributed by atoms with Crippen molar-refractivity contribution in [3.8, 4) is 0 Å². The summed E-state index contributed by atoms with van der Waals surface area (Å²) in [5.74, 6) is 1.16. The maximum Gasteiger partial charge on any atom is 0.326 e. The van der Waals surface area contributed by atoms with Crippen LogP contribution in [0.3, 0.4) is 0 Å². The van der Waals surface area contributed by atoms with Gasteiger partial charge in [0.25, 0.3) is 0 Å². The number of carbonyl (C=O) groups is 1. The Hall–Kier alpha value is -1.65. The lowest BCUT2D eigenvalue weighted by atomic mass is 10.3. The number of aromatic nitrogens is 2. The van der Waals surface area contributed by atoms with E-state index in [4.69, 9.17) is 5.11 Å². The SMILES string of the molecule is Cc1cc(N(C)C(C)C(=O)O)nc(C2CC2)n1. The average Bonchev–Trinajstić information content (AvgIpc) is 3.09. The molecule has 0 aliphatic heterocycles. The summed E-state index contributed by atoms with van der Waals surface area (Å²) in [6.07, 6.45) is 2.28. The molecule has 1 heterocycles. The first-order chi connectivity index (χ1) is 7.99. The van der Waals surface area contributed by atoms with Crippen LogP contribution in [0.5, 0.6) is 0 Å². The van der Waals surface area contributed by atoms with E-state index in [1.165, 1.54) is 0 Å². The molecule has 0 amide bonds. The maximum atomic E-state index is 10.9. The summed E-state index contributed by atoms with van der Waals surface area (Å²) >= 11 is 0. The maximum absolute atomic E-state index is 10.9. The van der Waals surface area contributed by atoms with E-state index in [0.29, 0.717) is 11.7 Å². The number of hydrogen-bond acceptors (Lipinski definition) is 4. The van der Waals surface area contributed by atoms with Crippen LogP contribution in [0, 0.1) is 6.92 Å². The molecule has 2 rings (SSSR count). The summed E-state index contributed by atoms with van der Waals surface area (Å²) in [6, 6.07) is 1.24. The fourth-order valence-electron chi connectivity index (χ4n) is 1.64. The Kier molecular flexibility index (Phi) is 3.00. The monoisotopic (exact) mass is 235 g/mol. The van der Waals surface area contributed by atoms with Gasteiger partial charge in [-0.1, -0.05) is 0 Å². The summed E-state index contributed by atoms with van der Waals surface area (Å²) < 4.78 is 0. The van der Waals surface area contributed by atoms with Crippen LogP contribution in [0.2, 0.25) is 0 Å².